The fraction of sp³-hybridized carbons (Fsp3) is 1.00. The van der Waals surface area contributed by atoms with Gasteiger partial charge in [-0.05, 0) is 20.3 Å². The summed E-state index contributed by atoms with van der Waals surface area (Å²) in [5.74, 6) is 0. The molecule has 1 saturated heterocycles. The molecule has 0 bridgehead atoms. The lowest BCUT2D eigenvalue weighted by Crippen LogP contribution is -2.37. The molecule has 1 aliphatic heterocycles. The molecule has 2 heteroatoms. The van der Waals surface area contributed by atoms with E-state index in [4.69, 9.17) is 9.47 Å². The topological polar surface area (TPSA) is 18.5 Å². The van der Waals surface area contributed by atoms with Crippen molar-refractivity contribution in [2.75, 3.05) is 6.79 Å². The lowest BCUT2D eigenvalue weighted by molar-refractivity contribution is -0.210. The van der Waals surface area contributed by atoms with Crippen LogP contribution >= 0.6 is 0 Å². The van der Waals surface area contributed by atoms with Gasteiger partial charge in [0.05, 0.1) is 11.7 Å². The van der Waals surface area contributed by atoms with Crippen molar-refractivity contribution < 1.29 is 9.47 Å². The molecule has 0 aliphatic carbocycles. The van der Waals surface area contributed by atoms with Crippen LogP contribution in [-0.2, 0) is 9.47 Å². The van der Waals surface area contributed by atoms with E-state index in [-0.39, 0.29) is 5.60 Å². The van der Waals surface area contributed by atoms with E-state index in [1.165, 1.54) is 0 Å². The van der Waals surface area contributed by atoms with E-state index in [0.29, 0.717) is 12.9 Å². The third-order valence-corrected chi connectivity index (χ3v) is 1.93. The van der Waals surface area contributed by atoms with Gasteiger partial charge >= 0.3 is 0 Å². The van der Waals surface area contributed by atoms with Crippen molar-refractivity contribution in [1.82, 2.24) is 0 Å². The zero-order chi connectivity index (χ0) is 7.61. The van der Waals surface area contributed by atoms with Crippen molar-refractivity contribution >= 4 is 0 Å². The van der Waals surface area contributed by atoms with E-state index in [2.05, 4.69) is 20.8 Å². The molecule has 0 spiro atoms. The van der Waals surface area contributed by atoms with Gasteiger partial charge in [0.2, 0.25) is 0 Å². The Hall–Kier alpha value is -0.0800. The summed E-state index contributed by atoms with van der Waals surface area (Å²) in [5, 5.41) is 0. The summed E-state index contributed by atoms with van der Waals surface area (Å²) in [4.78, 5) is 0. The maximum Gasteiger partial charge on any atom is 0.147 e. The van der Waals surface area contributed by atoms with Gasteiger partial charge < -0.3 is 9.47 Å². The van der Waals surface area contributed by atoms with Crippen molar-refractivity contribution in [2.45, 2.75) is 45.3 Å². The van der Waals surface area contributed by atoms with Gasteiger partial charge in [0, 0.05) is 6.42 Å². The summed E-state index contributed by atoms with van der Waals surface area (Å²) in [7, 11) is 0. The van der Waals surface area contributed by atoms with Gasteiger partial charge in [-0.1, -0.05) is 6.92 Å². The van der Waals surface area contributed by atoms with Gasteiger partial charge in [-0.25, -0.2) is 0 Å². The van der Waals surface area contributed by atoms with Crippen molar-refractivity contribution in [1.29, 1.82) is 0 Å². The molecule has 1 atom stereocenters. The molecule has 1 aliphatic rings. The number of hydrogen-bond acceptors (Lipinski definition) is 2. The molecule has 0 aromatic heterocycles. The SMILES string of the molecule is CCC1CC(C)(C)OCO1. The normalized spacial score (nSPS) is 32.1. The van der Waals surface area contributed by atoms with E-state index in [9.17, 15) is 0 Å². The maximum atomic E-state index is 5.38. The molecule has 0 aromatic rings. The van der Waals surface area contributed by atoms with Crippen LogP contribution in [-0.4, -0.2) is 18.5 Å². The first kappa shape index (κ1) is 8.02. The Morgan fingerprint density at radius 3 is 2.60 bits per heavy atom. The van der Waals surface area contributed by atoms with Crippen LogP contribution in [0.15, 0.2) is 0 Å². The van der Waals surface area contributed by atoms with Gasteiger partial charge in [0.15, 0.2) is 0 Å². The van der Waals surface area contributed by atoms with Crippen LogP contribution in [0.5, 0.6) is 0 Å². The summed E-state index contributed by atoms with van der Waals surface area (Å²) in [6.45, 7) is 6.83. The monoisotopic (exact) mass is 144 g/mol. The van der Waals surface area contributed by atoms with Crippen LogP contribution in [0.1, 0.15) is 33.6 Å². The highest BCUT2D eigenvalue weighted by Gasteiger charge is 2.28. The van der Waals surface area contributed by atoms with E-state index >= 15 is 0 Å². The molecule has 0 saturated carbocycles. The minimum absolute atomic E-state index is 0.0267. The quantitative estimate of drug-likeness (QED) is 0.560. The van der Waals surface area contributed by atoms with Crippen LogP contribution in [0.4, 0.5) is 0 Å². The molecule has 10 heavy (non-hydrogen) atoms. The highest BCUT2D eigenvalue weighted by Crippen LogP contribution is 2.24. The summed E-state index contributed by atoms with van der Waals surface area (Å²) in [6, 6.07) is 0. The second kappa shape index (κ2) is 2.89. The molecule has 1 heterocycles. The third kappa shape index (κ3) is 1.96. The summed E-state index contributed by atoms with van der Waals surface area (Å²) in [6.07, 6.45) is 2.51. The van der Waals surface area contributed by atoms with Gasteiger partial charge in [-0.15, -0.1) is 0 Å². The van der Waals surface area contributed by atoms with Crippen LogP contribution in [0.2, 0.25) is 0 Å². The maximum absolute atomic E-state index is 5.38. The van der Waals surface area contributed by atoms with Gasteiger partial charge in [-0.2, -0.15) is 0 Å². The van der Waals surface area contributed by atoms with Gasteiger partial charge in [0.25, 0.3) is 0 Å². The molecule has 1 rings (SSSR count). The van der Waals surface area contributed by atoms with Crippen molar-refractivity contribution in [3.8, 4) is 0 Å². The van der Waals surface area contributed by atoms with E-state index in [1.807, 2.05) is 0 Å². The first-order valence-electron chi connectivity index (χ1n) is 3.89. The molecular weight excluding hydrogens is 128 g/mol. The Balaban J connectivity index is 2.40. The average Bonchev–Trinajstić information content (AvgIpc) is 1.86. The highest BCUT2D eigenvalue weighted by atomic mass is 16.7. The van der Waals surface area contributed by atoms with E-state index in [0.717, 1.165) is 12.8 Å². The molecule has 1 unspecified atom stereocenters. The molecule has 0 amide bonds. The Kier molecular flexibility index (Phi) is 2.32. The van der Waals surface area contributed by atoms with Crippen LogP contribution in [0.3, 0.4) is 0 Å². The second-order valence-electron chi connectivity index (χ2n) is 3.42. The lowest BCUT2D eigenvalue weighted by atomic mass is 9.98. The Labute approximate surface area is 62.5 Å². The van der Waals surface area contributed by atoms with Crippen LogP contribution < -0.4 is 0 Å². The number of rotatable bonds is 1. The predicted molar refractivity (Wildman–Crippen MR) is 39.8 cm³/mol. The number of ether oxygens (including phenoxy) is 2. The molecule has 0 radical (unpaired) electrons. The summed E-state index contributed by atoms with van der Waals surface area (Å²) < 4.78 is 10.7. The Morgan fingerprint density at radius 2 is 2.20 bits per heavy atom. The first-order chi connectivity index (χ1) is 4.64. The largest absolute Gasteiger partial charge is 0.352 e. The molecule has 60 valence electrons. The molecule has 2 nitrogen and oxygen atoms in total. The fourth-order valence-corrected chi connectivity index (χ4v) is 1.22. The standard InChI is InChI=1S/C8H16O2/c1-4-7-5-8(2,3)10-6-9-7/h7H,4-6H2,1-3H3. The van der Waals surface area contributed by atoms with Crippen molar-refractivity contribution in [3.05, 3.63) is 0 Å². The van der Waals surface area contributed by atoms with Crippen LogP contribution in [0, 0.1) is 0 Å². The molecule has 0 N–H and O–H groups in total. The Bertz CT molecular complexity index is 110. The average molecular weight is 144 g/mol. The van der Waals surface area contributed by atoms with Crippen molar-refractivity contribution in [3.63, 3.8) is 0 Å². The molecule has 1 fully saturated rings. The van der Waals surface area contributed by atoms with Crippen molar-refractivity contribution in [2.24, 2.45) is 0 Å². The Morgan fingerprint density at radius 1 is 1.50 bits per heavy atom. The van der Waals surface area contributed by atoms with E-state index in [1.54, 1.807) is 0 Å². The molecular formula is C8H16O2. The summed E-state index contributed by atoms with van der Waals surface area (Å²) >= 11 is 0. The fourth-order valence-electron chi connectivity index (χ4n) is 1.22. The van der Waals surface area contributed by atoms with E-state index < -0.39 is 0 Å². The zero-order valence-corrected chi connectivity index (χ0v) is 7.02. The minimum atomic E-state index is 0.0267. The second-order valence-corrected chi connectivity index (χ2v) is 3.42. The number of hydrogen-bond donors (Lipinski definition) is 0. The summed E-state index contributed by atoms with van der Waals surface area (Å²) in [5.41, 5.74) is 0.0267. The van der Waals surface area contributed by atoms with Crippen LogP contribution in [0.25, 0.3) is 0 Å². The van der Waals surface area contributed by atoms with Gasteiger partial charge in [0.1, 0.15) is 6.79 Å². The predicted octanol–water partition coefficient (Wildman–Crippen LogP) is 1.94. The minimum Gasteiger partial charge on any atom is -0.352 e. The third-order valence-electron chi connectivity index (χ3n) is 1.93. The first-order valence-corrected chi connectivity index (χ1v) is 3.89. The lowest BCUT2D eigenvalue weighted by Gasteiger charge is -2.34. The smallest absolute Gasteiger partial charge is 0.147 e. The highest BCUT2D eigenvalue weighted by molar-refractivity contribution is 4.75. The molecule has 0 aromatic carbocycles. The zero-order valence-electron chi connectivity index (χ0n) is 7.02. The van der Waals surface area contributed by atoms with Gasteiger partial charge in [-0.3, -0.25) is 0 Å².